The average Bonchev–Trinajstić information content (AvgIpc) is 3.23. The van der Waals surface area contributed by atoms with Gasteiger partial charge in [0.1, 0.15) is 6.04 Å². The molecule has 7 nitrogen and oxygen atoms in total. The Labute approximate surface area is 168 Å². The van der Waals surface area contributed by atoms with Gasteiger partial charge >= 0.3 is 5.69 Å². The Balaban J connectivity index is 1.86. The Morgan fingerprint density at radius 3 is 2.93 bits per heavy atom. The van der Waals surface area contributed by atoms with E-state index in [0.29, 0.717) is 10.5 Å². The van der Waals surface area contributed by atoms with Crippen molar-refractivity contribution in [1.29, 1.82) is 0 Å². The number of halogens is 1. The second kappa shape index (κ2) is 7.12. The summed E-state index contributed by atoms with van der Waals surface area (Å²) in [6.07, 6.45) is 2.69. The number of thioether (sulfide) groups is 1. The number of aromatic nitrogens is 1. The number of hydrogen-bond donors (Lipinski definition) is 1. The minimum atomic E-state index is -0.563. The minimum absolute atomic E-state index is 0.203. The Hall–Kier alpha value is -2.13. The van der Waals surface area contributed by atoms with E-state index in [-0.39, 0.29) is 23.5 Å². The zero-order valence-electron chi connectivity index (χ0n) is 14.4. The minimum Gasteiger partial charge on any atom is -0.501 e. The molecule has 27 heavy (non-hydrogen) atoms. The van der Waals surface area contributed by atoms with E-state index in [9.17, 15) is 15.2 Å². The van der Waals surface area contributed by atoms with Crippen molar-refractivity contribution >= 4 is 38.5 Å². The van der Waals surface area contributed by atoms with E-state index in [0.717, 1.165) is 28.6 Å². The number of phenols is 1. The quantitative estimate of drug-likeness (QED) is 0.548. The summed E-state index contributed by atoms with van der Waals surface area (Å²) in [5.41, 5.74) is 1.25. The molecule has 1 N–H and O–H groups in total. The molecule has 1 aromatic heterocycles. The zero-order valence-corrected chi connectivity index (χ0v) is 16.9. The number of aromatic hydroxyl groups is 1. The molecular formula is C18H17BrN4O3S. The van der Waals surface area contributed by atoms with Crippen LogP contribution in [0.3, 0.4) is 0 Å². The molecule has 2 aliphatic heterocycles. The van der Waals surface area contributed by atoms with Gasteiger partial charge in [-0.1, -0.05) is 24.8 Å². The van der Waals surface area contributed by atoms with Gasteiger partial charge in [-0.05, 0) is 46.1 Å². The van der Waals surface area contributed by atoms with Gasteiger partial charge in [0.15, 0.2) is 5.17 Å². The van der Waals surface area contributed by atoms with E-state index in [2.05, 4.69) is 32.7 Å². The molecule has 3 heterocycles. The average molecular weight is 449 g/mol. The highest BCUT2D eigenvalue weighted by Crippen LogP contribution is 2.50. The molecule has 3 atom stereocenters. The summed E-state index contributed by atoms with van der Waals surface area (Å²) in [6, 6.07) is 8.75. The molecular weight excluding hydrogens is 432 g/mol. The Morgan fingerprint density at radius 2 is 2.26 bits per heavy atom. The SMILES string of the molecule is CC[C@@H]1CSC2=N[C@H](c3ccccn3)[C@@H](c3cc(Br)c(O)c([N+](=O)[O-])c3)N21. The smallest absolute Gasteiger partial charge is 0.312 e. The predicted molar refractivity (Wildman–Crippen MR) is 108 cm³/mol. The highest BCUT2D eigenvalue weighted by molar-refractivity contribution is 9.10. The highest BCUT2D eigenvalue weighted by Gasteiger charge is 2.46. The molecule has 1 aromatic carbocycles. The number of rotatable bonds is 4. The molecule has 0 spiro atoms. The summed E-state index contributed by atoms with van der Waals surface area (Å²) in [7, 11) is 0. The summed E-state index contributed by atoms with van der Waals surface area (Å²) in [5.74, 6) is 0.586. The first-order chi connectivity index (χ1) is 13.0. The molecule has 1 saturated heterocycles. The highest BCUT2D eigenvalue weighted by atomic mass is 79.9. The van der Waals surface area contributed by atoms with Gasteiger partial charge in [-0.25, -0.2) is 0 Å². The lowest BCUT2D eigenvalue weighted by atomic mass is 9.94. The van der Waals surface area contributed by atoms with Gasteiger partial charge in [0.05, 0.1) is 21.1 Å². The monoisotopic (exact) mass is 448 g/mol. The zero-order chi connectivity index (χ0) is 19.1. The molecule has 1 fully saturated rings. The maximum Gasteiger partial charge on any atom is 0.312 e. The number of amidine groups is 1. The van der Waals surface area contributed by atoms with Crippen LogP contribution in [0, 0.1) is 10.1 Å². The first-order valence-corrected chi connectivity index (χ1v) is 10.4. The maximum atomic E-state index is 11.4. The van der Waals surface area contributed by atoms with Crippen LogP contribution in [0.2, 0.25) is 0 Å². The normalized spacial score (nSPS) is 24.0. The fourth-order valence-electron chi connectivity index (χ4n) is 3.62. The topological polar surface area (TPSA) is 91.9 Å². The molecule has 0 amide bonds. The summed E-state index contributed by atoms with van der Waals surface area (Å²) >= 11 is 4.98. The number of pyridine rings is 1. The number of fused-ring (bicyclic) bond motifs is 1. The third-order valence-corrected chi connectivity index (χ3v) is 6.66. The van der Waals surface area contributed by atoms with E-state index in [1.54, 1.807) is 24.0 Å². The number of hydrogen-bond acceptors (Lipinski definition) is 7. The van der Waals surface area contributed by atoms with Crippen LogP contribution >= 0.6 is 27.7 Å². The van der Waals surface area contributed by atoms with Crippen molar-refractivity contribution in [2.24, 2.45) is 4.99 Å². The van der Waals surface area contributed by atoms with Crippen LogP contribution in [-0.4, -0.2) is 36.9 Å². The van der Waals surface area contributed by atoms with E-state index in [1.165, 1.54) is 6.07 Å². The van der Waals surface area contributed by atoms with E-state index >= 15 is 0 Å². The van der Waals surface area contributed by atoms with Crippen molar-refractivity contribution in [3.05, 3.63) is 62.4 Å². The van der Waals surface area contributed by atoms with E-state index in [1.807, 2.05) is 18.2 Å². The summed E-state index contributed by atoms with van der Waals surface area (Å²) < 4.78 is 0.305. The van der Waals surface area contributed by atoms with Crippen LogP contribution in [0.15, 0.2) is 46.0 Å². The number of nitro benzene ring substituents is 1. The molecule has 9 heteroatoms. The van der Waals surface area contributed by atoms with E-state index < -0.39 is 4.92 Å². The van der Waals surface area contributed by atoms with Gasteiger partial charge in [0.2, 0.25) is 5.75 Å². The molecule has 0 bridgehead atoms. The standard InChI is InChI=1S/C18H17BrN4O3S/c1-2-11-9-27-18-21-15(13-5-3-4-6-20-13)16(22(11)18)10-7-12(19)17(24)14(8-10)23(25)26/h3-8,11,15-16,24H,2,9H2,1H3/t11-,15-,16-/m1/s1. The van der Waals surface area contributed by atoms with Gasteiger partial charge in [-0.3, -0.25) is 20.1 Å². The number of benzene rings is 1. The Morgan fingerprint density at radius 1 is 1.44 bits per heavy atom. The van der Waals surface area contributed by atoms with Gasteiger partial charge in [-0.15, -0.1) is 0 Å². The van der Waals surface area contributed by atoms with Crippen LogP contribution in [0.4, 0.5) is 5.69 Å². The summed E-state index contributed by atoms with van der Waals surface area (Å²) in [5, 5.41) is 22.4. The fourth-order valence-corrected chi connectivity index (χ4v) is 5.43. The van der Waals surface area contributed by atoms with Crippen LogP contribution < -0.4 is 0 Å². The Bertz CT molecular complexity index is 924. The maximum absolute atomic E-state index is 11.4. The Kier molecular flexibility index (Phi) is 4.81. The lowest BCUT2D eigenvalue weighted by Gasteiger charge is -2.32. The van der Waals surface area contributed by atoms with Crippen LogP contribution in [0.1, 0.15) is 36.7 Å². The van der Waals surface area contributed by atoms with E-state index in [4.69, 9.17) is 4.99 Å². The van der Waals surface area contributed by atoms with Gasteiger partial charge in [0, 0.05) is 24.1 Å². The lowest BCUT2D eigenvalue weighted by molar-refractivity contribution is -0.386. The third-order valence-electron chi connectivity index (χ3n) is 4.93. The van der Waals surface area contributed by atoms with Crippen molar-refractivity contribution in [1.82, 2.24) is 9.88 Å². The van der Waals surface area contributed by atoms with Crippen LogP contribution in [0.25, 0.3) is 0 Å². The van der Waals surface area contributed by atoms with Crippen molar-refractivity contribution in [3.8, 4) is 5.75 Å². The molecule has 2 aromatic rings. The second-order valence-corrected chi connectivity index (χ2v) is 8.31. The molecule has 0 unspecified atom stereocenters. The molecule has 140 valence electrons. The fraction of sp³-hybridized carbons (Fsp3) is 0.333. The van der Waals surface area contributed by atoms with Crippen molar-refractivity contribution in [3.63, 3.8) is 0 Å². The number of nitrogens with zero attached hydrogens (tertiary/aromatic N) is 4. The molecule has 2 aliphatic rings. The van der Waals surface area contributed by atoms with Crippen molar-refractivity contribution in [2.45, 2.75) is 31.5 Å². The largest absolute Gasteiger partial charge is 0.501 e. The lowest BCUT2D eigenvalue weighted by Crippen LogP contribution is -2.35. The number of nitro groups is 1. The van der Waals surface area contributed by atoms with Crippen molar-refractivity contribution < 1.29 is 10.0 Å². The van der Waals surface area contributed by atoms with Gasteiger partial charge in [-0.2, -0.15) is 0 Å². The third kappa shape index (κ3) is 3.08. The number of phenolic OH excluding ortho intramolecular Hbond substituents is 1. The second-order valence-electron chi connectivity index (χ2n) is 6.46. The summed E-state index contributed by atoms with van der Waals surface area (Å²) in [4.78, 5) is 22.5. The van der Waals surface area contributed by atoms with Gasteiger partial charge < -0.3 is 10.0 Å². The van der Waals surface area contributed by atoms with Crippen LogP contribution in [0.5, 0.6) is 5.75 Å². The number of aliphatic imine (C=N–C) groups is 1. The van der Waals surface area contributed by atoms with Crippen LogP contribution in [-0.2, 0) is 0 Å². The molecule has 0 saturated carbocycles. The predicted octanol–water partition coefficient (Wildman–Crippen LogP) is 4.44. The molecule has 0 radical (unpaired) electrons. The van der Waals surface area contributed by atoms with Gasteiger partial charge in [0.25, 0.3) is 0 Å². The molecule has 4 rings (SSSR count). The van der Waals surface area contributed by atoms with Crippen molar-refractivity contribution in [2.75, 3.05) is 5.75 Å². The first kappa shape index (κ1) is 18.2. The first-order valence-electron chi connectivity index (χ1n) is 8.58. The summed E-state index contributed by atoms with van der Waals surface area (Å²) in [6.45, 7) is 2.13. The molecule has 0 aliphatic carbocycles.